The summed E-state index contributed by atoms with van der Waals surface area (Å²) >= 11 is 0. The first kappa shape index (κ1) is 20.7. The smallest absolute Gasteiger partial charge is 0.305 e. The number of esters is 1. The highest BCUT2D eigenvalue weighted by molar-refractivity contribution is 5.77. The van der Waals surface area contributed by atoms with Gasteiger partial charge in [0, 0.05) is 13.0 Å². The van der Waals surface area contributed by atoms with E-state index in [1.54, 1.807) is 10.6 Å². The van der Waals surface area contributed by atoms with Crippen molar-refractivity contribution in [2.24, 2.45) is 0 Å². The molecule has 6 heteroatoms. The quantitative estimate of drug-likeness (QED) is 0.565. The van der Waals surface area contributed by atoms with Crippen molar-refractivity contribution in [2.45, 2.75) is 38.8 Å². The number of nitrogens with one attached hydrogen (secondary N) is 1. The number of aromatic nitrogens is 2. The van der Waals surface area contributed by atoms with E-state index in [2.05, 4.69) is 17.4 Å². The van der Waals surface area contributed by atoms with Gasteiger partial charge in [0.1, 0.15) is 5.82 Å². The lowest BCUT2D eigenvalue weighted by Gasteiger charge is -2.19. The van der Waals surface area contributed by atoms with Gasteiger partial charge in [-0.3, -0.25) is 14.2 Å². The van der Waals surface area contributed by atoms with Crippen LogP contribution in [0.2, 0.25) is 0 Å². The highest BCUT2D eigenvalue weighted by Crippen LogP contribution is 2.15. The molecule has 3 aromatic rings. The molecule has 152 valence electrons. The van der Waals surface area contributed by atoms with Crippen molar-refractivity contribution in [3.8, 4) is 0 Å². The summed E-state index contributed by atoms with van der Waals surface area (Å²) in [6, 6.07) is 17.5. The molecule has 0 unspecified atom stereocenters. The van der Waals surface area contributed by atoms with Gasteiger partial charge in [-0.2, -0.15) is 0 Å². The van der Waals surface area contributed by atoms with Crippen LogP contribution >= 0.6 is 0 Å². The van der Waals surface area contributed by atoms with Crippen LogP contribution in [0, 0.1) is 0 Å². The first-order valence-corrected chi connectivity index (χ1v) is 9.93. The summed E-state index contributed by atoms with van der Waals surface area (Å²) in [5.74, 6) is 0.411. The fourth-order valence-electron chi connectivity index (χ4n) is 3.38. The molecule has 0 saturated carbocycles. The number of rotatable bonds is 9. The Kier molecular flexibility index (Phi) is 7.14. The summed E-state index contributed by atoms with van der Waals surface area (Å²) in [6.07, 6.45) is 1.69. The first-order valence-electron chi connectivity index (χ1n) is 9.93. The van der Waals surface area contributed by atoms with Crippen molar-refractivity contribution < 1.29 is 9.53 Å². The lowest BCUT2D eigenvalue weighted by Crippen LogP contribution is -2.32. The van der Waals surface area contributed by atoms with E-state index < -0.39 is 0 Å². The third-order valence-electron chi connectivity index (χ3n) is 4.98. The maximum Gasteiger partial charge on any atom is 0.305 e. The Morgan fingerprint density at radius 3 is 2.62 bits per heavy atom. The van der Waals surface area contributed by atoms with Crippen LogP contribution in [-0.2, 0) is 22.5 Å². The Bertz CT molecular complexity index is 1010. The molecule has 1 atom stereocenters. The molecule has 2 aromatic carbocycles. The summed E-state index contributed by atoms with van der Waals surface area (Å²) < 4.78 is 6.39. The van der Waals surface area contributed by atoms with Gasteiger partial charge in [-0.1, -0.05) is 42.5 Å². The van der Waals surface area contributed by atoms with Gasteiger partial charge < -0.3 is 10.1 Å². The fourth-order valence-corrected chi connectivity index (χ4v) is 3.38. The number of fused-ring (bicyclic) bond motifs is 1. The third-order valence-corrected chi connectivity index (χ3v) is 4.98. The Morgan fingerprint density at radius 2 is 1.86 bits per heavy atom. The average molecular weight is 393 g/mol. The zero-order valence-electron chi connectivity index (χ0n) is 16.9. The Labute approximate surface area is 170 Å². The molecule has 1 aromatic heterocycles. The SMILES string of the molecule is COC(=O)CCCn1c([C@@H](C)NCCc2ccccc2)nc2ccccc2c1=O. The number of hydrogen-bond acceptors (Lipinski definition) is 5. The van der Waals surface area contributed by atoms with Crippen LogP contribution in [0.1, 0.15) is 37.2 Å². The predicted molar refractivity (Wildman–Crippen MR) is 114 cm³/mol. The number of ether oxygens (including phenoxy) is 1. The molecule has 0 aliphatic carbocycles. The number of carbonyl (C=O) groups is 1. The van der Waals surface area contributed by atoms with Gasteiger partial charge in [-0.25, -0.2) is 4.98 Å². The standard InChI is InChI=1S/C23H27N3O3/c1-17(24-15-14-18-9-4-3-5-10-18)22-25-20-12-7-6-11-19(20)23(28)26(22)16-8-13-21(27)29-2/h3-7,9-12,17,24H,8,13-16H2,1-2H3/t17-/m1/s1. The molecule has 29 heavy (non-hydrogen) atoms. The number of benzene rings is 2. The van der Waals surface area contributed by atoms with Crippen LogP contribution in [-0.4, -0.2) is 29.2 Å². The fraction of sp³-hybridized carbons (Fsp3) is 0.348. The lowest BCUT2D eigenvalue weighted by molar-refractivity contribution is -0.140. The van der Waals surface area contributed by atoms with Crippen molar-refractivity contribution in [1.29, 1.82) is 0 Å². The molecule has 0 aliphatic heterocycles. The second kappa shape index (κ2) is 9.98. The molecule has 6 nitrogen and oxygen atoms in total. The molecule has 3 rings (SSSR count). The van der Waals surface area contributed by atoms with E-state index in [1.165, 1.54) is 12.7 Å². The van der Waals surface area contributed by atoms with Gasteiger partial charge in [0.05, 0.1) is 24.1 Å². The van der Waals surface area contributed by atoms with Crippen LogP contribution < -0.4 is 10.9 Å². The van der Waals surface area contributed by atoms with Crippen LogP contribution in [0.4, 0.5) is 0 Å². The number of para-hydroxylation sites is 1. The molecular weight excluding hydrogens is 366 g/mol. The Hall–Kier alpha value is -2.99. The second-order valence-electron chi connectivity index (χ2n) is 7.04. The monoisotopic (exact) mass is 393 g/mol. The second-order valence-corrected chi connectivity index (χ2v) is 7.04. The van der Waals surface area contributed by atoms with E-state index in [9.17, 15) is 9.59 Å². The molecule has 0 fully saturated rings. The number of nitrogens with zero attached hydrogens (tertiary/aromatic N) is 2. The first-order chi connectivity index (χ1) is 14.1. The zero-order chi connectivity index (χ0) is 20.6. The van der Waals surface area contributed by atoms with Crippen LogP contribution in [0.5, 0.6) is 0 Å². The third kappa shape index (κ3) is 5.29. The minimum atomic E-state index is -0.276. The number of methoxy groups -OCH3 is 1. The van der Waals surface area contributed by atoms with E-state index in [4.69, 9.17) is 9.72 Å². The van der Waals surface area contributed by atoms with Gasteiger partial charge >= 0.3 is 5.97 Å². The molecule has 0 amide bonds. The molecule has 0 aliphatic rings. The molecular formula is C23H27N3O3. The molecule has 1 heterocycles. The average Bonchev–Trinajstić information content (AvgIpc) is 2.75. The molecule has 0 bridgehead atoms. The van der Waals surface area contributed by atoms with E-state index in [0.29, 0.717) is 29.7 Å². The lowest BCUT2D eigenvalue weighted by atomic mass is 10.1. The summed E-state index contributed by atoms with van der Waals surface area (Å²) in [6.45, 7) is 3.21. The van der Waals surface area contributed by atoms with Gasteiger partial charge in [0.15, 0.2) is 0 Å². The maximum atomic E-state index is 13.1. The summed E-state index contributed by atoms with van der Waals surface area (Å²) in [5.41, 5.74) is 1.87. The van der Waals surface area contributed by atoms with Crippen LogP contribution in [0.25, 0.3) is 10.9 Å². The number of hydrogen-bond donors (Lipinski definition) is 1. The van der Waals surface area contributed by atoms with Gasteiger partial charge in [0.25, 0.3) is 5.56 Å². The topological polar surface area (TPSA) is 73.2 Å². The Balaban J connectivity index is 1.80. The highest BCUT2D eigenvalue weighted by Gasteiger charge is 2.16. The van der Waals surface area contributed by atoms with Crippen molar-refractivity contribution in [2.75, 3.05) is 13.7 Å². The van der Waals surface area contributed by atoms with Gasteiger partial charge in [-0.05, 0) is 44.0 Å². The van der Waals surface area contributed by atoms with E-state index >= 15 is 0 Å². The van der Waals surface area contributed by atoms with Crippen LogP contribution in [0.3, 0.4) is 0 Å². The summed E-state index contributed by atoms with van der Waals surface area (Å²) in [5, 5.41) is 4.06. The normalized spacial score (nSPS) is 12.1. The van der Waals surface area contributed by atoms with E-state index in [0.717, 1.165) is 13.0 Å². The summed E-state index contributed by atoms with van der Waals surface area (Å²) in [7, 11) is 1.37. The van der Waals surface area contributed by atoms with Crippen molar-refractivity contribution in [1.82, 2.24) is 14.9 Å². The largest absolute Gasteiger partial charge is 0.469 e. The number of carbonyl (C=O) groups excluding carboxylic acids is 1. The molecule has 0 radical (unpaired) electrons. The van der Waals surface area contributed by atoms with E-state index in [-0.39, 0.29) is 24.0 Å². The zero-order valence-corrected chi connectivity index (χ0v) is 16.9. The minimum Gasteiger partial charge on any atom is -0.469 e. The predicted octanol–water partition coefficient (Wildman–Crippen LogP) is 3.24. The van der Waals surface area contributed by atoms with Gasteiger partial charge in [0.2, 0.25) is 0 Å². The van der Waals surface area contributed by atoms with E-state index in [1.807, 2.05) is 43.3 Å². The summed E-state index contributed by atoms with van der Waals surface area (Å²) in [4.78, 5) is 29.3. The molecule has 1 N–H and O–H groups in total. The molecule has 0 spiro atoms. The van der Waals surface area contributed by atoms with Gasteiger partial charge in [-0.15, -0.1) is 0 Å². The minimum absolute atomic E-state index is 0.0767. The van der Waals surface area contributed by atoms with Crippen molar-refractivity contribution in [3.63, 3.8) is 0 Å². The molecule has 0 saturated heterocycles. The maximum absolute atomic E-state index is 13.1. The van der Waals surface area contributed by atoms with Crippen LogP contribution in [0.15, 0.2) is 59.4 Å². The Morgan fingerprint density at radius 1 is 1.14 bits per heavy atom. The highest BCUT2D eigenvalue weighted by atomic mass is 16.5. The van der Waals surface area contributed by atoms with Crippen molar-refractivity contribution in [3.05, 3.63) is 76.3 Å². The van der Waals surface area contributed by atoms with Crippen molar-refractivity contribution >= 4 is 16.9 Å².